The molecule has 1 heterocycles. The van der Waals surface area contributed by atoms with Gasteiger partial charge in [-0.25, -0.2) is 0 Å². The Hall–Kier alpha value is -2.83. The highest BCUT2D eigenvalue weighted by molar-refractivity contribution is 5.51. The van der Waals surface area contributed by atoms with Gasteiger partial charge in [0, 0.05) is 12.8 Å². The third-order valence-electron chi connectivity index (χ3n) is 7.11. The third kappa shape index (κ3) is 5.09. The molecule has 3 aromatic carbocycles. The van der Waals surface area contributed by atoms with Gasteiger partial charge in [0.15, 0.2) is 0 Å². The molecule has 3 aromatic rings. The van der Waals surface area contributed by atoms with Gasteiger partial charge in [-0.1, -0.05) is 91.0 Å². The lowest BCUT2D eigenvalue weighted by molar-refractivity contribution is -0.149. The van der Waals surface area contributed by atoms with Crippen LogP contribution in [0.2, 0.25) is 0 Å². The van der Waals surface area contributed by atoms with Crippen molar-refractivity contribution in [3.8, 4) is 0 Å². The average molecular weight is 473 g/mol. The lowest BCUT2D eigenvalue weighted by Crippen LogP contribution is -2.50. The molecule has 5 rings (SSSR count). The van der Waals surface area contributed by atoms with Crippen LogP contribution >= 0.6 is 0 Å². The molecule has 2 aliphatic rings. The van der Waals surface area contributed by atoms with Crippen LogP contribution in [-0.4, -0.2) is 35.8 Å². The topological polar surface area (TPSA) is 54.0 Å². The Bertz CT molecular complexity index is 1090. The molecule has 0 aromatic heterocycles. The minimum Gasteiger partial charge on any atom is -0.370 e. The van der Waals surface area contributed by atoms with Gasteiger partial charge in [0.1, 0.15) is 23.6 Å². The van der Waals surface area contributed by atoms with Gasteiger partial charge in [0.25, 0.3) is 0 Å². The maximum atomic E-state index is 11.6. The van der Waals surface area contributed by atoms with Gasteiger partial charge in [-0.3, -0.25) is 0 Å². The Labute approximate surface area is 207 Å². The van der Waals surface area contributed by atoms with Crippen molar-refractivity contribution < 1.29 is 23.7 Å². The zero-order valence-electron chi connectivity index (χ0n) is 20.0. The predicted octanol–water partition coefficient (Wildman–Crippen LogP) is 5.26. The highest BCUT2D eigenvalue weighted by Gasteiger charge is 2.74. The first kappa shape index (κ1) is 23.9. The van der Waals surface area contributed by atoms with Crippen molar-refractivity contribution in [2.24, 2.45) is 0 Å². The smallest absolute Gasteiger partial charge is 0.126 e. The summed E-state index contributed by atoms with van der Waals surface area (Å²) in [4.78, 5) is 11.6. The minimum absolute atomic E-state index is 0.125. The number of carbonyl (C=O) groups excluding carboxylic acids is 1. The SMILES string of the molecule is C[C@@]1(OCc2ccccc2)[C@H](OCc2ccccc2)C2(CC2OCc2ccccc2)O[C@@H]1CC=O. The van der Waals surface area contributed by atoms with E-state index >= 15 is 0 Å². The maximum Gasteiger partial charge on any atom is 0.126 e. The van der Waals surface area contributed by atoms with Crippen molar-refractivity contribution in [2.75, 3.05) is 0 Å². The first-order valence-electron chi connectivity index (χ1n) is 12.2. The van der Waals surface area contributed by atoms with E-state index in [1.807, 2.05) is 85.8 Å². The van der Waals surface area contributed by atoms with E-state index in [-0.39, 0.29) is 18.6 Å². The normalized spacial score (nSPS) is 29.3. The van der Waals surface area contributed by atoms with Crippen LogP contribution in [0.15, 0.2) is 91.0 Å². The van der Waals surface area contributed by atoms with Crippen molar-refractivity contribution >= 4 is 6.29 Å². The van der Waals surface area contributed by atoms with Crippen LogP contribution in [0.4, 0.5) is 0 Å². The zero-order valence-corrected chi connectivity index (χ0v) is 20.0. The molecule has 5 heteroatoms. The molecular weight excluding hydrogens is 440 g/mol. The van der Waals surface area contributed by atoms with Crippen molar-refractivity contribution in [3.63, 3.8) is 0 Å². The number of hydrogen-bond donors (Lipinski definition) is 0. The average Bonchev–Trinajstić information content (AvgIpc) is 3.54. The molecule has 0 bridgehead atoms. The molecule has 2 unspecified atom stereocenters. The Morgan fingerprint density at radius 2 is 1.31 bits per heavy atom. The molecule has 0 N–H and O–H groups in total. The number of aldehydes is 1. The van der Waals surface area contributed by atoms with E-state index in [0.29, 0.717) is 26.2 Å². The molecular formula is C30H32O5. The summed E-state index contributed by atoms with van der Waals surface area (Å²) in [6.45, 7) is 3.36. The van der Waals surface area contributed by atoms with Crippen LogP contribution < -0.4 is 0 Å². The Morgan fingerprint density at radius 3 is 1.86 bits per heavy atom. The first-order chi connectivity index (χ1) is 17.1. The Balaban J connectivity index is 1.38. The molecule has 2 fully saturated rings. The van der Waals surface area contributed by atoms with Crippen molar-refractivity contribution in [1.82, 2.24) is 0 Å². The van der Waals surface area contributed by atoms with E-state index in [0.717, 1.165) is 23.0 Å². The van der Waals surface area contributed by atoms with Crippen molar-refractivity contribution in [2.45, 2.75) is 69.1 Å². The van der Waals surface area contributed by atoms with E-state index in [4.69, 9.17) is 18.9 Å². The minimum atomic E-state index is -0.809. The molecule has 1 aliphatic heterocycles. The van der Waals surface area contributed by atoms with E-state index < -0.39 is 17.3 Å². The second-order valence-electron chi connectivity index (χ2n) is 9.59. The number of hydrogen-bond acceptors (Lipinski definition) is 5. The van der Waals surface area contributed by atoms with Gasteiger partial charge in [-0.2, -0.15) is 0 Å². The zero-order chi connectivity index (χ0) is 24.1. The third-order valence-corrected chi connectivity index (χ3v) is 7.11. The fourth-order valence-corrected chi connectivity index (χ4v) is 5.11. The van der Waals surface area contributed by atoms with E-state index in [1.165, 1.54) is 0 Å². The highest BCUT2D eigenvalue weighted by Crippen LogP contribution is 2.58. The van der Waals surface area contributed by atoms with Crippen molar-refractivity contribution in [3.05, 3.63) is 108 Å². The first-order valence-corrected chi connectivity index (χ1v) is 12.2. The second kappa shape index (κ2) is 10.4. The lowest BCUT2D eigenvalue weighted by atomic mass is 9.89. The number of ether oxygens (including phenoxy) is 4. The maximum absolute atomic E-state index is 11.6. The summed E-state index contributed by atoms with van der Waals surface area (Å²) in [6.07, 6.45) is 0.923. The van der Waals surface area contributed by atoms with Gasteiger partial charge in [-0.05, 0) is 23.6 Å². The summed E-state index contributed by atoms with van der Waals surface area (Å²) in [7, 11) is 0. The standard InChI is InChI=1S/C30H32O5/c1-29(34-22-25-15-9-4-10-16-25)26(17-18-31)35-30(28(29)33-21-24-13-7-3-8-14-24)19-27(30)32-20-23-11-5-2-6-12-23/h2-16,18,26-28H,17,19-22H2,1H3/t26-,27?,28+,29+,30?/m1/s1. The molecule has 5 nitrogen and oxygen atoms in total. The molecule has 1 aliphatic carbocycles. The van der Waals surface area contributed by atoms with Gasteiger partial charge in [-0.15, -0.1) is 0 Å². The van der Waals surface area contributed by atoms with Gasteiger partial charge < -0.3 is 23.7 Å². The summed E-state index contributed by atoms with van der Waals surface area (Å²) in [6, 6.07) is 30.2. The Morgan fingerprint density at radius 1 is 0.800 bits per heavy atom. The van der Waals surface area contributed by atoms with Crippen LogP contribution in [0.25, 0.3) is 0 Å². The monoisotopic (exact) mass is 472 g/mol. The fourth-order valence-electron chi connectivity index (χ4n) is 5.11. The molecule has 0 amide bonds. The van der Waals surface area contributed by atoms with Gasteiger partial charge in [0.05, 0.1) is 32.0 Å². The number of carbonyl (C=O) groups is 1. The molecule has 1 saturated carbocycles. The van der Waals surface area contributed by atoms with Crippen molar-refractivity contribution in [1.29, 1.82) is 0 Å². The molecule has 35 heavy (non-hydrogen) atoms. The molecule has 1 spiro atoms. The van der Waals surface area contributed by atoms with Crippen LogP contribution in [0.1, 0.15) is 36.5 Å². The summed E-state index contributed by atoms with van der Waals surface area (Å²) < 4.78 is 26.0. The number of benzene rings is 3. The second-order valence-corrected chi connectivity index (χ2v) is 9.59. The van der Waals surface area contributed by atoms with Crippen LogP contribution in [-0.2, 0) is 43.6 Å². The number of rotatable bonds is 11. The summed E-state index contributed by atoms with van der Waals surface area (Å²) >= 11 is 0. The molecule has 5 atom stereocenters. The van der Waals surface area contributed by atoms with E-state index in [1.54, 1.807) is 0 Å². The van der Waals surface area contributed by atoms with Crippen LogP contribution in [0, 0.1) is 0 Å². The lowest BCUT2D eigenvalue weighted by Gasteiger charge is -2.35. The largest absolute Gasteiger partial charge is 0.370 e. The van der Waals surface area contributed by atoms with Gasteiger partial charge in [0.2, 0.25) is 0 Å². The van der Waals surface area contributed by atoms with Crippen LogP contribution in [0.3, 0.4) is 0 Å². The molecule has 0 radical (unpaired) electrons. The van der Waals surface area contributed by atoms with Crippen LogP contribution in [0.5, 0.6) is 0 Å². The Kier molecular flexibility index (Phi) is 7.12. The molecule has 182 valence electrons. The van der Waals surface area contributed by atoms with Gasteiger partial charge >= 0.3 is 0 Å². The van der Waals surface area contributed by atoms with E-state index in [2.05, 4.69) is 12.1 Å². The quantitative estimate of drug-likeness (QED) is 0.356. The predicted molar refractivity (Wildman–Crippen MR) is 133 cm³/mol. The highest BCUT2D eigenvalue weighted by atomic mass is 16.6. The summed E-state index contributed by atoms with van der Waals surface area (Å²) in [5.74, 6) is 0. The summed E-state index contributed by atoms with van der Waals surface area (Å²) in [5, 5.41) is 0. The van der Waals surface area contributed by atoms with E-state index in [9.17, 15) is 4.79 Å². The molecule has 1 saturated heterocycles. The summed E-state index contributed by atoms with van der Waals surface area (Å²) in [5.41, 5.74) is 1.81. The fraction of sp³-hybridized carbons (Fsp3) is 0.367.